The molecule has 1 amide bonds. The van der Waals surface area contributed by atoms with E-state index in [1.54, 1.807) is 0 Å². The summed E-state index contributed by atoms with van der Waals surface area (Å²) in [4.78, 5) is 17.0. The van der Waals surface area contributed by atoms with Crippen LogP contribution in [0.3, 0.4) is 0 Å². The van der Waals surface area contributed by atoms with Crippen LogP contribution < -0.4 is 15.5 Å². The van der Waals surface area contributed by atoms with Crippen LogP contribution in [0.1, 0.15) is 18.4 Å². The van der Waals surface area contributed by atoms with Gasteiger partial charge in [0, 0.05) is 51.5 Å². The zero-order valence-electron chi connectivity index (χ0n) is 15.9. The van der Waals surface area contributed by atoms with Gasteiger partial charge in [0.05, 0.1) is 6.61 Å². The molecule has 1 aromatic carbocycles. The van der Waals surface area contributed by atoms with Crippen LogP contribution in [0, 0.1) is 6.92 Å². The average molecular weight is 361 g/mol. The van der Waals surface area contributed by atoms with Crippen molar-refractivity contribution in [2.45, 2.75) is 25.9 Å². The summed E-state index contributed by atoms with van der Waals surface area (Å²) in [6, 6.07) is 8.76. The number of hydrogen-bond acceptors (Lipinski definition) is 5. The molecule has 6 nitrogen and oxygen atoms in total. The minimum Gasteiger partial charge on any atom is -0.369 e. The fraction of sp³-hybridized carbons (Fsp3) is 0.650. The lowest BCUT2D eigenvalue weighted by atomic mass is 10.2. The highest BCUT2D eigenvalue weighted by Crippen LogP contribution is 2.17. The minimum absolute atomic E-state index is 0.0176. The van der Waals surface area contributed by atoms with Crippen molar-refractivity contribution in [3.63, 3.8) is 0 Å². The SMILES string of the molecule is Cc1cccc(N2CCN(CCCCNC(=O)C3CNCCO3)CC2)c1. The molecule has 1 unspecified atom stereocenters. The van der Waals surface area contributed by atoms with Crippen LogP contribution in [0.25, 0.3) is 0 Å². The van der Waals surface area contributed by atoms with E-state index in [1.807, 2.05) is 0 Å². The summed E-state index contributed by atoms with van der Waals surface area (Å²) >= 11 is 0. The molecule has 2 aliphatic heterocycles. The highest BCUT2D eigenvalue weighted by atomic mass is 16.5. The summed E-state index contributed by atoms with van der Waals surface area (Å²) < 4.78 is 5.46. The van der Waals surface area contributed by atoms with Gasteiger partial charge in [0.2, 0.25) is 5.91 Å². The third kappa shape index (κ3) is 5.69. The first kappa shape index (κ1) is 19.1. The van der Waals surface area contributed by atoms with E-state index in [9.17, 15) is 4.79 Å². The topological polar surface area (TPSA) is 56.8 Å². The molecule has 2 aliphatic rings. The van der Waals surface area contributed by atoms with Crippen molar-refractivity contribution in [2.24, 2.45) is 0 Å². The highest BCUT2D eigenvalue weighted by Gasteiger charge is 2.21. The van der Waals surface area contributed by atoms with Crippen molar-refractivity contribution >= 4 is 11.6 Å². The molecule has 0 spiro atoms. The summed E-state index contributed by atoms with van der Waals surface area (Å²) in [6.07, 6.45) is 1.82. The average Bonchev–Trinajstić information content (AvgIpc) is 2.69. The van der Waals surface area contributed by atoms with E-state index in [2.05, 4.69) is 51.6 Å². The van der Waals surface area contributed by atoms with Crippen LogP contribution >= 0.6 is 0 Å². The molecule has 2 N–H and O–H groups in total. The number of ether oxygens (including phenoxy) is 1. The van der Waals surface area contributed by atoms with Crippen molar-refractivity contribution in [3.05, 3.63) is 29.8 Å². The first-order valence-corrected chi connectivity index (χ1v) is 9.86. The Hall–Kier alpha value is -1.63. The Labute approximate surface area is 156 Å². The number of carbonyl (C=O) groups excluding carboxylic acids is 1. The molecule has 0 aromatic heterocycles. The molecule has 0 saturated carbocycles. The number of morpholine rings is 1. The number of anilines is 1. The molecule has 3 rings (SSSR count). The third-order valence-corrected chi connectivity index (χ3v) is 5.16. The zero-order chi connectivity index (χ0) is 18.2. The number of aryl methyl sites for hydroxylation is 1. The quantitative estimate of drug-likeness (QED) is 0.711. The fourth-order valence-corrected chi connectivity index (χ4v) is 3.57. The van der Waals surface area contributed by atoms with E-state index in [4.69, 9.17) is 4.74 Å². The number of rotatable bonds is 7. The van der Waals surface area contributed by atoms with Crippen LogP contribution in [-0.4, -0.2) is 75.9 Å². The second kappa shape index (κ2) is 9.90. The first-order chi connectivity index (χ1) is 12.7. The maximum Gasteiger partial charge on any atom is 0.250 e. The van der Waals surface area contributed by atoms with Crippen molar-refractivity contribution < 1.29 is 9.53 Å². The van der Waals surface area contributed by atoms with Crippen LogP contribution in [0.4, 0.5) is 5.69 Å². The van der Waals surface area contributed by atoms with Gasteiger partial charge < -0.3 is 20.3 Å². The van der Waals surface area contributed by atoms with Gasteiger partial charge in [0.25, 0.3) is 0 Å². The van der Waals surface area contributed by atoms with Crippen molar-refractivity contribution in [2.75, 3.05) is 63.9 Å². The Morgan fingerprint density at radius 3 is 2.85 bits per heavy atom. The zero-order valence-corrected chi connectivity index (χ0v) is 15.9. The Morgan fingerprint density at radius 2 is 2.12 bits per heavy atom. The molecule has 144 valence electrons. The van der Waals surface area contributed by atoms with Gasteiger partial charge in [-0.1, -0.05) is 12.1 Å². The number of carbonyl (C=O) groups is 1. The number of nitrogens with one attached hydrogen (secondary N) is 2. The first-order valence-electron chi connectivity index (χ1n) is 9.86. The maximum atomic E-state index is 12.0. The number of hydrogen-bond donors (Lipinski definition) is 2. The molecule has 1 atom stereocenters. The van der Waals surface area contributed by atoms with E-state index < -0.39 is 0 Å². The van der Waals surface area contributed by atoms with E-state index in [0.717, 1.165) is 58.7 Å². The maximum absolute atomic E-state index is 12.0. The Bertz CT molecular complexity index is 567. The predicted molar refractivity (Wildman–Crippen MR) is 105 cm³/mol. The lowest BCUT2D eigenvalue weighted by Gasteiger charge is -2.36. The lowest BCUT2D eigenvalue weighted by Crippen LogP contribution is -2.48. The molecule has 26 heavy (non-hydrogen) atoms. The second-order valence-corrected chi connectivity index (χ2v) is 7.23. The van der Waals surface area contributed by atoms with Crippen molar-refractivity contribution in [3.8, 4) is 0 Å². The molecule has 6 heteroatoms. The molecule has 0 aliphatic carbocycles. The molecule has 2 fully saturated rings. The minimum atomic E-state index is -0.321. The van der Waals surface area contributed by atoms with Gasteiger partial charge in [-0.25, -0.2) is 0 Å². The van der Waals surface area contributed by atoms with Crippen LogP contribution in [0.5, 0.6) is 0 Å². The van der Waals surface area contributed by atoms with Gasteiger partial charge in [-0.15, -0.1) is 0 Å². The number of piperazine rings is 1. The lowest BCUT2D eigenvalue weighted by molar-refractivity contribution is -0.134. The van der Waals surface area contributed by atoms with Crippen LogP contribution in [0.2, 0.25) is 0 Å². The number of nitrogens with zero attached hydrogens (tertiary/aromatic N) is 2. The van der Waals surface area contributed by atoms with Crippen LogP contribution in [-0.2, 0) is 9.53 Å². The van der Waals surface area contributed by atoms with Crippen molar-refractivity contribution in [1.82, 2.24) is 15.5 Å². The van der Waals surface area contributed by atoms with Gasteiger partial charge in [-0.05, 0) is 44.0 Å². The smallest absolute Gasteiger partial charge is 0.250 e. The summed E-state index contributed by atoms with van der Waals surface area (Å²) in [6.45, 7) is 10.5. The van der Waals surface area contributed by atoms with E-state index >= 15 is 0 Å². The molecular weight excluding hydrogens is 328 g/mol. The number of unbranched alkanes of at least 4 members (excludes halogenated alkanes) is 1. The molecule has 0 bridgehead atoms. The molecule has 2 saturated heterocycles. The second-order valence-electron chi connectivity index (χ2n) is 7.23. The summed E-state index contributed by atoms with van der Waals surface area (Å²) in [7, 11) is 0. The van der Waals surface area contributed by atoms with Gasteiger partial charge in [0.1, 0.15) is 6.10 Å². The molecule has 0 radical (unpaired) electrons. The number of benzene rings is 1. The normalized spacial score (nSPS) is 21.6. The largest absolute Gasteiger partial charge is 0.369 e. The number of amides is 1. The molecular formula is C20H32N4O2. The van der Waals surface area contributed by atoms with E-state index in [0.29, 0.717) is 13.2 Å². The Balaban J connectivity index is 1.26. The Kier molecular flexibility index (Phi) is 7.29. The molecule has 2 heterocycles. The van der Waals surface area contributed by atoms with Gasteiger partial charge >= 0.3 is 0 Å². The van der Waals surface area contributed by atoms with Gasteiger partial charge in [-0.3, -0.25) is 9.69 Å². The van der Waals surface area contributed by atoms with E-state index in [-0.39, 0.29) is 12.0 Å². The predicted octanol–water partition coefficient (Wildman–Crippen LogP) is 1.00. The summed E-state index contributed by atoms with van der Waals surface area (Å²) in [5.74, 6) is 0.0176. The highest BCUT2D eigenvalue weighted by molar-refractivity contribution is 5.81. The van der Waals surface area contributed by atoms with Gasteiger partial charge in [0.15, 0.2) is 0 Å². The van der Waals surface area contributed by atoms with Crippen molar-refractivity contribution in [1.29, 1.82) is 0 Å². The standard InChI is InChI=1S/C20H32N4O2/c1-17-5-4-6-18(15-17)24-12-10-23(11-13-24)9-3-2-7-22-20(25)19-16-21-8-14-26-19/h4-6,15,19,21H,2-3,7-14,16H2,1H3,(H,22,25). The molecule has 1 aromatic rings. The fourth-order valence-electron chi connectivity index (χ4n) is 3.57. The third-order valence-electron chi connectivity index (χ3n) is 5.16. The summed E-state index contributed by atoms with van der Waals surface area (Å²) in [5.41, 5.74) is 2.66. The Morgan fingerprint density at radius 1 is 1.27 bits per heavy atom. The summed E-state index contributed by atoms with van der Waals surface area (Å²) in [5, 5.41) is 6.18. The van der Waals surface area contributed by atoms with E-state index in [1.165, 1.54) is 11.3 Å². The van der Waals surface area contributed by atoms with Gasteiger partial charge in [-0.2, -0.15) is 0 Å². The monoisotopic (exact) mass is 360 g/mol. The van der Waals surface area contributed by atoms with Crippen LogP contribution in [0.15, 0.2) is 24.3 Å².